The van der Waals surface area contributed by atoms with Crippen LogP contribution in [0, 0.1) is 15.9 Å². The van der Waals surface area contributed by atoms with Gasteiger partial charge in [0.05, 0.1) is 23.6 Å². The Kier molecular flexibility index (Phi) is 4.20. The van der Waals surface area contributed by atoms with Gasteiger partial charge in [0.1, 0.15) is 17.7 Å². The van der Waals surface area contributed by atoms with Gasteiger partial charge in [-0.2, -0.15) is 0 Å². The van der Waals surface area contributed by atoms with Gasteiger partial charge in [0.25, 0.3) is 5.69 Å². The predicted molar refractivity (Wildman–Crippen MR) is 69.6 cm³/mol. The van der Waals surface area contributed by atoms with Crippen LogP contribution in [0.3, 0.4) is 0 Å². The van der Waals surface area contributed by atoms with Crippen LogP contribution < -0.4 is 5.32 Å². The zero-order valence-corrected chi connectivity index (χ0v) is 10.8. The van der Waals surface area contributed by atoms with E-state index in [1.165, 1.54) is 6.07 Å². The maximum absolute atomic E-state index is 13.3. The fraction of sp³-hybridized carbons (Fsp3) is 0.417. The van der Waals surface area contributed by atoms with Gasteiger partial charge in [-0.1, -0.05) is 0 Å². The Labute approximate surface area is 118 Å². The first kappa shape index (κ1) is 14.9. The van der Waals surface area contributed by atoms with Crippen molar-refractivity contribution in [3.05, 3.63) is 34.1 Å². The van der Waals surface area contributed by atoms with Crippen molar-refractivity contribution >= 4 is 17.5 Å². The van der Waals surface area contributed by atoms with Gasteiger partial charge in [-0.25, -0.2) is 13.6 Å². The molecule has 1 aromatic rings. The summed E-state index contributed by atoms with van der Waals surface area (Å²) < 4.78 is 26.3. The van der Waals surface area contributed by atoms with Crippen LogP contribution in [0.2, 0.25) is 0 Å². The van der Waals surface area contributed by atoms with Crippen LogP contribution in [-0.2, 0) is 0 Å². The van der Waals surface area contributed by atoms with Gasteiger partial charge in [-0.15, -0.1) is 0 Å². The van der Waals surface area contributed by atoms with Crippen LogP contribution in [0.25, 0.3) is 0 Å². The average Bonchev–Trinajstić information content (AvgIpc) is 2.78. The first-order valence-corrected chi connectivity index (χ1v) is 6.20. The van der Waals surface area contributed by atoms with E-state index in [0.717, 1.165) is 17.0 Å². The molecule has 0 aromatic heterocycles. The van der Waals surface area contributed by atoms with Gasteiger partial charge in [-0.05, 0) is 12.1 Å². The number of nitro groups is 1. The summed E-state index contributed by atoms with van der Waals surface area (Å²) in [5, 5.41) is 22.5. The van der Waals surface area contributed by atoms with Crippen molar-refractivity contribution in [1.82, 2.24) is 4.90 Å². The fourth-order valence-electron chi connectivity index (χ4n) is 2.32. The molecular weight excluding hydrogens is 288 g/mol. The number of nitrogens with one attached hydrogen (secondary N) is 1. The van der Waals surface area contributed by atoms with E-state index >= 15 is 0 Å². The number of nitrogens with zero attached hydrogens (tertiary/aromatic N) is 2. The molecule has 0 spiro atoms. The number of hydrogen-bond donors (Lipinski definition) is 2. The second-order valence-electron chi connectivity index (χ2n) is 4.72. The lowest BCUT2D eigenvalue weighted by molar-refractivity contribution is -0.384. The molecule has 0 bridgehead atoms. The summed E-state index contributed by atoms with van der Waals surface area (Å²) in [5.41, 5.74) is -0.388. The van der Waals surface area contributed by atoms with Crippen molar-refractivity contribution in [2.45, 2.75) is 18.6 Å². The van der Waals surface area contributed by atoms with Gasteiger partial charge in [-0.3, -0.25) is 10.1 Å². The number of halogens is 2. The monoisotopic (exact) mass is 301 g/mol. The van der Waals surface area contributed by atoms with Crippen LogP contribution in [0.5, 0.6) is 0 Å². The Bertz CT molecular complexity index is 569. The van der Waals surface area contributed by atoms with Gasteiger partial charge in [0.2, 0.25) is 0 Å². The van der Waals surface area contributed by atoms with Gasteiger partial charge >= 0.3 is 6.09 Å². The van der Waals surface area contributed by atoms with E-state index in [1.807, 2.05) is 0 Å². The SMILES string of the molecule is O=C(O)N1C[C@@H](F)C[C@H]1CNc1ccc(F)cc1[N+](=O)[O-]. The molecule has 1 aromatic carbocycles. The van der Waals surface area contributed by atoms with Crippen LogP contribution in [0.4, 0.5) is 25.0 Å². The normalized spacial score (nSPS) is 21.3. The number of likely N-dealkylation sites (tertiary alicyclic amines) is 1. The molecule has 0 aliphatic carbocycles. The van der Waals surface area contributed by atoms with E-state index in [2.05, 4.69) is 5.32 Å². The van der Waals surface area contributed by atoms with Gasteiger partial charge < -0.3 is 15.3 Å². The lowest BCUT2D eigenvalue weighted by atomic mass is 10.2. The lowest BCUT2D eigenvalue weighted by Crippen LogP contribution is -2.38. The second-order valence-corrected chi connectivity index (χ2v) is 4.72. The van der Waals surface area contributed by atoms with E-state index in [1.54, 1.807) is 0 Å². The van der Waals surface area contributed by atoms with Crippen molar-refractivity contribution in [3.63, 3.8) is 0 Å². The van der Waals surface area contributed by atoms with Crippen molar-refractivity contribution in [3.8, 4) is 0 Å². The minimum absolute atomic E-state index is 0.0131. The molecule has 2 rings (SSSR count). The van der Waals surface area contributed by atoms with E-state index in [9.17, 15) is 23.7 Å². The largest absolute Gasteiger partial charge is 0.465 e. The Balaban J connectivity index is 2.09. The average molecular weight is 301 g/mol. The topological polar surface area (TPSA) is 95.7 Å². The summed E-state index contributed by atoms with van der Waals surface area (Å²) in [6, 6.07) is 2.39. The minimum atomic E-state index is -1.25. The standard InChI is InChI=1S/C12H13F2N3O4/c13-7-1-2-10(11(4-7)17(20)21)15-5-9-3-8(14)6-16(9)12(18)19/h1-2,4,8-9,15H,3,5-6H2,(H,18,19)/t8-,9-/m0/s1. The molecule has 2 N–H and O–H groups in total. The summed E-state index contributed by atoms with van der Waals surface area (Å²) in [5.74, 6) is -0.746. The first-order chi connectivity index (χ1) is 9.88. The molecule has 21 heavy (non-hydrogen) atoms. The minimum Gasteiger partial charge on any atom is -0.465 e. The van der Waals surface area contributed by atoms with Crippen LogP contribution in [0.15, 0.2) is 18.2 Å². The third-order valence-corrected chi connectivity index (χ3v) is 3.29. The Morgan fingerprint density at radius 2 is 2.29 bits per heavy atom. The molecule has 0 saturated carbocycles. The van der Waals surface area contributed by atoms with Crippen molar-refractivity contribution in [1.29, 1.82) is 0 Å². The summed E-state index contributed by atoms with van der Waals surface area (Å²) in [6.45, 7) is -0.202. The first-order valence-electron chi connectivity index (χ1n) is 6.20. The number of alkyl halides is 1. The predicted octanol–water partition coefficient (Wildman–Crippen LogP) is 2.24. The molecular formula is C12H13F2N3O4. The number of benzene rings is 1. The second kappa shape index (κ2) is 5.90. The molecule has 114 valence electrons. The lowest BCUT2D eigenvalue weighted by Gasteiger charge is -2.21. The maximum Gasteiger partial charge on any atom is 0.407 e. The Morgan fingerprint density at radius 3 is 2.90 bits per heavy atom. The summed E-state index contributed by atoms with van der Waals surface area (Å²) in [7, 11) is 0. The highest BCUT2D eigenvalue weighted by atomic mass is 19.1. The Hall–Kier alpha value is -2.45. The van der Waals surface area contributed by atoms with Crippen LogP contribution >= 0.6 is 0 Å². The molecule has 0 unspecified atom stereocenters. The molecule has 0 radical (unpaired) electrons. The van der Waals surface area contributed by atoms with E-state index in [-0.39, 0.29) is 25.2 Å². The third kappa shape index (κ3) is 3.36. The quantitative estimate of drug-likeness (QED) is 0.656. The van der Waals surface area contributed by atoms with Crippen LogP contribution in [0.1, 0.15) is 6.42 Å². The molecule has 1 heterocycles. The number of rotatable bonds is 4. The van der Waals surface area contributed by atoms with E-state index in [0.29, 0.717) is 0 Å². The molecule has 7 nitrogen and oxygen atoms in total. The molecule has 1 amide bonds. The van der Waals surface area contributed by atoms with Gasteiger partial charge in [0.15, 0.2) is 0 Å². The van der Waals surface area contributed by atoms with Crippen molar-refractivity contribution in [2.24, 2.45) is 0 Å². The highest BCUT2D eigenvalue weighted by molar-refractivity contribution is 5.66. The number of hydrogen-bond acceptors (Lipinski definition) is 4. The third-order valence-electron chi connectivity index (χ3n) is 3.29. The van der Waals surface area contributed by atoms with Gasteiger partial charge in [0, 0.05) is 13.0 Å². The van der Waals surface area contributed by atoms with Crippen molar-refractivity contribution < 1.29 is 23.6 Å². The smallest absolute Gasteiger partial charge is 0.407 e. The highest BCUT2D eigenvalue weighted by Gasteiger charge is 2.35. The fourth-order valence-corrected chi connectivity index (χ4v) is 2.32. The van der Waals surface area contributed by atoms with E-state index in [4.69, 9.17) is 5.11 Å². The molecule has 1 aliphatic heterocycles. The number of anilines is 1. The van der Waals surface area contributed by atoms with Crippen molar-refractivity contribution in [2.75, 3.05) is 18.4 Å². The Morgan fingerprint density at radius 1 is 1.57 bits per heavy atom. The van der Waals surface area contributed by atoms with E-state index < -0.39 is 34.7 Å². The summed E-state index contributed by atoms with van der Waals surface area (Å²) in [4.78, 5) is 22.0. The zero-order valence-electron chi connectivity index (χ0n) is 10.8. The molecule has 1 saturated heterocycles. The molecule has 1 aliphatic rings. The number of amides is 1. The number of carboxylic acid groups (broad SMARTS) is 1. The zero-order chi connectivity index (χ0) is 15.6. The highest BCUT2D eigenvalue weighted by Crippen LogP contribution is 2.26. The number of carbonyl (C=O) groups is 1. The molecule has 9 heteroatoms. The maximum atomic E-state index is 13.3. The summed E-state index contributed by atoms with van der Waals surface area (Å²) in [6.07, 6.45) is -2.47. The summed E-state index contributed by atoms with van der Waals surface area (Å²) >= 11 is 0. The number of nitro benzene ring substituents is 1. The molecule has 1 fully saturated rings. The molecule has 2 atom stereocenters. The van der Waals surface area contributed by atoms with Crippen LogP contribution in [-0.4, -0.2) is 46.3 Å².